The van der Waals surface area contributed by atoms with Gasteiger partial charge in [0.15, 0.2) is 0 Å². The molecule has 2 rings (SSSR count). The molecule has 1 aromatic carbocycles. The highest BCUT2D eigenvalue weighted by Gasteiger charge is 2.19. The molecule has 2 aromatic rings. The maximum atomic E-state index is 13.7. The van der Waals surface area contributed by atoms with Crippen LogP contribution in [0.3, 0.4) is 0 Å². The quantitative estimate of drug-likeness (QED) is 0.890. The van der Waals surface area contributed by atoms with Gasteiger partial charge in [-0.2, -0.15) is 0 Å². The Morgan fingerprint density at radius 2 is 1.84 bits per heavy atom. The second-order valence-electron chi connectivity index (χ2n) is 4.46. The molecule has 0 radical (unpaired) electrons. The first-order valence-corrected chi connectivity index (χ1v) is 6.34. The Bertz CT molecular complexity index is 531. The van der Waals surface area contributed by atoms with Gasteiger partial charge in [0.25, 0.3) is 0 Å². The van der Waals surface area contributed by atoms with Crippen molar-refractivity contribution in [1.29, 1.82) is 0 Å². The van der Waals surface area contributed by atoms with E-state index in [2.05, 4.69) is 5.32 Å². The summed E-state index contributed by atoms with van der Waals surface area (Å²) in [4.78, 5) is 0. The molecular formula is C15H17F2NO. The molecule has 1 heterocycles. The van der Waals surface area contributed by atoms with Crippen LogP contribution in [0.4, 0.5) is 8.78 Å². The van der Waals surface area contributed by atoms with Crippen molar-refractivity contribution in [2.45, 2.75) is 26.3 Å². The summed E-state index contributed by atoms with van der Waals surface area (Å²) >= 11 is 0. The van der Waals surface area contributed by atoms with Crippen LogP contribution < -0.4 is 5.32 Å². The first-order valence-electron chi connectivity index (χ1n) is 6.34. The summed E-state index contributed by atoms with van der Waals surface area (Å²) < 4.78 is 32.9. The fourth-order valence-electron chi connectivity index (χ4n) is 2.09. The molecule has 0 amide bonds. The zero-order chi connectivity index (χ0) is 13.8. The van der Waals surface area contributed by atoms with Gasteiger partial charge in [0, 0.05) is 12.0 Å². The van der Waals surface area contributed by atoms with Gasteiger partial charge in [0.05, 0.1) is 6.04 Å². The molecule has 0 saturated heterocycles. The Morgan fingerprint density at radius 3 is 2.37 bits per heavy atom. The molecule has 102 valence electrons. The zero-order valence-corrected chi connectivity index (χ0v) is 11.0. The molecule has 0 saturated carbocycles. The van der Waals surface area contributed by atoms with Gasteiger partial charge in [-0.05, 0) is 37.7 Å². The molecule has 19 heavy (non-hydrogen) atoms. The van der Waals surface area contributed by atoms with Crippen molar-refractivity contribution in [3.05, 3.63) is 59.1 Å². The molecule has 0 aliphatic carbocycles. The van der Waals surface area contributed by atoms with Gasteiger partial charge >= 0.3 is 0 Å². The van der Waals surface area contributed by atoms with Gasteiger partial charge in [-0.3, -0.25) is 0 Å². The summed E-state index contributed by atoms with van der Waals surface area (Å²) in [6.07, 6.45) is 0.222. The summed E-state index contributed by atoms with van der Waals surface area (Å²) in [6.45, 7) is 4.48. The minimum Gasteiger partial charge on any atom is -0.465 e. The van der Waals surface area contributed by atoms with Crippen LogP contribution in [0.15, 0.2) is 34.7 Å². The van der Waals surface area contributed by atoms with E-state index < -0.39 is 11.6 Å². The van der Waals surface area contributed by atoms with E-state index in [1.54, 1.807) is 0 Å². The third-order valence-electron chi connectivity index (χ3n) is 3.03. The molecule has 0 fully saturated rings. The lowest BCUT2D eigenvalue weighted by atomic mass is 10.0. The Kier molecular flexibility index (Phi) is 4.32. The number of nitrogens with one attached hydrogen (secondary N) is 1. The van der Waals surface area contributed by atoms with Gasteiger partial charge in [0.2, 0.25) is 0 Å². The first kappa shape index (κ1) is 13.7. The van der Waals surface area contributed by atoms with Crippen molar-refractivity contribution in [2.24, 2.45) is 0 Å². The van der Waals surface area contributed by atoms with E-state index in [1.807, 2.05) is 26.0 Å². The van der Waals surface area contributed by atoms with Gasteiger partial charge in [-0.25, -0.2) is 8.78 Å². The topological polar surface area (TPSA) is 25.2 Å². The number of halogens is 2. The molecule has 0 bridgehead atoms. The summed E-state index contributed by atoms with van der Waals surface area (Å²) in [5.41, 5.74) is 0.0857. The van der Waals surface area contributed by atoms with Crippen molar-refractivity contribution in [1.82, 2.24) is 5.32 Å². The molecule has 1 atom stereocenters. The highest BCUT2D eigenvalue weighted by Crippen LogP contribution is 2.23. The monoisotopic (exact) mass is 265 g/mol. The van der Waals surface area contributed by atoms with Crippen LogP contribution in [-0.4, -0.2) is 6.54 Å². The SMILES string of the molecule is CCNC(Cc1c(F)cccc1F)c1ccc(C)o1. The molecule has 4 heteroatoms. The zero-order valence-electron chi connectivity index (χ0n) is 11.0. The number of hydrogen-bond acceptors (Lipinski definition) is 2. The van der Waals surface area contributed by atoms with Crippen LogP contribution in [0.1, 0.15) is 30.0 Å². The normalized spacial score (nSPS) is 12.6. The average molecular weight is 265 g/mol. The Hall–Kier alpha value is -1.68. The van der Waals surface area contributed by atoms with E-state index >= 15 is 0 Å². The van der Waals surface area contributed by atoms with Gasteiger partial charge in [0.1, 0.15) is 23.2 Å². The van der Waals surface area contributed by atoms with E-state index in [0.717, 1.165) is 5.76 Å². The van der Waals surface area contributed by atoms with Crippen LogP contribution >= 0.6 is 0 Å². The highest BCUT2D eigenvalue weighted by atomic mass is 19.1. The lowest BCUT2D eigenvalue weighted by Crippen LogP contribution is -2.23. The summed E-state index contributed by atoms with van der Waals surface area (Å²) in [7, 11) is 0. The summed E-state index contributed by atoms with van der Waals surface area (Å²) in [5.74, 6) is 0.436. The van der Waals surface area contributed by atoms with Crippen molar-refractivity contribution < 1.29 is 13.2 Å². The predicted molar refractivity (Wildman–Crippen MR) is 69.9 cm³/mol. The second kappa shape index (κ2) is 5.97. The van der Waals surface area contributed by atoms with E-state index in [1.165, 1.54) is 18.2 Å². The third kappa shape index (κ3) is 3.20. The smallest absolute Gasteiger partial charge is 0.129 e. The Labute approximate surface area is 111 Å². The van der Waals surface area contributed by atoms with Crippen LogP contribution in [-0.2, 0) is 6.42 Å². The lowest BCUT2D eigenvalue weighted by Gasteiger charge is -2.16. The number of rotatable bonds is 5. The number of furan rings is 1. The van der Waals surface area contributed by atoms with Crippen molar-refractivity contribution in [2.75, 3.05) is 6.54 Å². The van der Waals surface area contributed by atoms with Crippen molar-refractivity contribution in [3.8, 4) is 0 Å². The van der Waals surface area contributed by atoms with E-state index in [0.29, 0.717) is 12.3 Å². The average Bonchev–Trinajstić information content (AvgIpc) is 2.79. The predicted octanol–water partition coefficient (Wildman–Crippen LogP) is 3.76. The second-order valence-corrected chi connectivity index (χ2v) is 4.46. The molecule has 1 unspecified atom stereocenters. The Balaban J connectivity index is 2.26. The third-order valence-corrected chi connectivity index (χ3v) is 3.03. The molecule has 0 aliphatic rings. The van der Waals surface area contributed by atoms with Gasteiger partial charge < -0.3 is 9.73 Å². The lowest BCUT2D eigenvalue weighted by molar-refractivity contribution is 0.396. The highest BCUT2D eigenvalue weighted by molar-refractivity contribution is 5.23. The molecule has 0 spiro atoms. The van der Waals surface area contributed by atoms with Crippen LogP contribution in [0.2, 0.25) is 0 Å². The number of likely N-dealkylation sites (N-methyl/N-ethyl adjacent to an activating group) is 1. The van der Waals surface area contributed by atoms with Crippen LogP contribution in [0.25, 0.3) is 0 Å². The first-order chi connectivity index (χ1) is 9.11. The molecular weight excluding hydrogens is 248 g/mol. The van der Waals surface area contributed by atoms with Gasteiger partial charge in [-0.1, -0.05) is 13.0 Å². The molecule has 2 nitrogen and oxygen atoms in total. The van der Waals surface area contributed by atoms with Crippen molar-refractivity contribution in [3.63, 3.8) is 0 Å². The minimum atomic E-state index is -0.522. The van der Waals surface area contributed by atoms with Gasteiger partial charge in [-0.15, -0.1) is 0 Å². The summed E-state index contributed by atoms with van der Waals surface area (Å²) in [5, 5.41) is 3.19. The number of hydrogen-bond donors (Lipinski definition) is 1. The Morgan fingerprint density at radius 1 is 1.16 bits per heavy atom. The van der Waals surface area contributed by atoms with E-state index in [4.69, 9.17) is 4.42 Å². The largest absolute Gasteiger partial charge is 0.465 e. The van der Waals surface area contributed by atoms with Crippen LogP contribution in [0.5, 0.6) is 0 Å². The molecule has 1 aromatic heterocycles. The summed E-state index contributed by atoms with van der Waals surface area (Å²) in [6, 6.07) is 7.36. The minimum absolute atomic E-state index is 0.0857. The van der Waals surface area contributed by atoms with Crippen molar-refractivity contribution >= 4 is 0 Å². The number of benzene rings is 1. The van der Waals surface area contributed by atoms with E-state index in [-0.39, 0.29) is 18.0 Å². The van der Waals surface area contributed by atoms with E-state index in [9.17, 15) is 8.78 Å². The maximum absolute atomic E-state index is 13.7. The fraction of sp³-hybridized carbons (Fsp3) is 0.333. The fourth-order valence-corrected chi connectivity index (χ4v) is 2.09. The maximum Gasteiger partial charge on any atom is 0.129 e. The van der Waals surface area contributed by atoms with Crippen LogP contribution in [0, 0.1) is 18.6 Å². The number of aryl methyl sites for hydroxylation is 1. The standard InChI is InChI=1S/C15H17F2NO/c1-3-18-14(15-8-7-10(2)19-15)9-11-12(16)5-4-6-13(11)17/h4-8,14,18H,3,9H2,1-2H3. The molecule has 0 aliphatic heterocycles. The molecule has 1 N–H and O–H groups in total.